The minimum absolute atomic E-state index is 0.0296. The Labute approximate surface area is 161 Å². The molecule has 0 heterocycles. The van der Waals surface area contributed by atoms with Gasteiger partial charge in [-0.1, -0.05) is 31.2 Å². The number of allylic oxidation sites excluding steroid dienone is 2. The Morgan fingerprint density at radius 2 is 1.29 bits per heavy atom. The molecule has 28 heavy (non-hydrogen) atoms. The first-order valence-corrected chi connectivity index (χ1v) is 8.78. The number of carbonyl (C=O) groups excluding carboxylic acids is 1. The van der Waals surface area contributed by atoms with Gasteiger partial charge >= 0.3 is 0 Å². The third-order valence-electron chi connectivity index (χ3n) is 4.56. The first-order valence-electron chi connectivity index (χ1n) is 8.78. The second-order valence-corrected chi connectivity index (χ2v) is 6.89. The van der Waals surface area contributed by atoms with E-state index in [1.54, 1.807) is 36.4 Å². The standard InChI is InChI=1S/C21H18N2O5/c1-14-8-17(10-15-4-2-6-19(12-15)22(25)26)21(24)18(9-14)11-16-5-3-7-20(13-16)23(27)28/h2-7,10-14H,8-9H2,1H3. The summed E-state index contributed by atoms with van der Waals surface area (Å²) in [7, 11) is 0. The molecule has 3 rings (SSSR count). The molecule has 0 radical (unpaired) electrons. The van der Waals surface area contributed by atoms with Crippen LogP contribution in [0.5, 0.6) is 0 Å². The van der Waals surface area contributed by atoms with Crippen LogP contribution in [0, 0.1) is 26.1 Å². The number of hydrogen-bond acceptors (Lipinski definition) is 5. The van der Waals surface area contributed by atoms with Crippen molar-refractivity contribution in [1.82, 2.24) is 0 Å². The monoisotopic (exact) mass is 378 g/mol. The lowest BCUT2D eigenvalue weighted by Crippen LogP contribution is -2.18. The van der Waals surface area contributed by atoms with Crippen molar-refractivity contribution < 1.29 is 14.6 Å². The van der Waals surface area contributed by atoms with Gasteiger partial charge in [-0.3, -0.25) is 25.0 Å². The quantitative estimate of drug-likeness (QED) is 0.424. The summed E-state index contributed by atoms with van der Waals surface area (Å²) in [6, 6.07) is 12.3. The Hall–Kier alpha value is -3.61. The van der Waals surface area contributed by atoms with Crippen LogP contribution < -0.4 is 0 Å². The van der Waals surface area contributed by atoms with Crippen molar-refractivity contribution in [1.29, 1.82) is 0 Å². The van der Waals surface area contributed by atoms with Gasteiger partial charge in [0.1, 0.15) is 0 Å². The van der Waals surface area contributed by atoms with Crippen LogP contribution in [0.25, 0.3) is 12.2 Å². The fraction of sp³-hybridized carbons (Fsp3) is 0.190. The van der Waals surface area contributed by atoms with Gasteiger partial charge in [-0.05, 0) is 42.0 Å². The first-order chi connectivity index (χ1) is 13.3. The maximum atomic E-state index is 12.9. The molecule has 0 spiro atoms. The SMILES string of the molecule is CC1CC(=Cc2cccc([N+](=O)[O-])c2)C(=O)C(=Cc2cccc([N+](=O)[O-])c2)C1. The van der Waals surface area contributed by atoms with Gasteiger partial charge in [0.15, 0.2) is 5.78 Å². The average Bonchev–Trinajstić information content (AvgIpc) is 2.66. The van der Waals surface area contributed by atoms with E-state index in [4.69, 9.17) is 0 Å². The number of ketones is 1. The minimum Gasteiger partial charge on any atom is -0.289 e. The summed E-state index contributed by atoms with van der Waals surface area (Å²) in [4.78, 5) is 33.9. The smallest absolute Gasteiger partial charge is 0.270 e. The third kappa shape index (κ3) is 4.37. The fourth-order valence-corrected chi connectivity index (χ4v) is 3.32. The maximum Gasteiger partial charge on any atom is 0.270 e. The highest BCUT2D eigenvalue weighted by Gasteiger charge is 2.25. The van der Waals surface area contributed by atoms with E-state index in [1.807, 2.05) is 6.92 Å². The van der Waals surface area contributed by atoms with Crippen LogP contribution in [0.2, 0.25) is 0 Å². The van der Waals surface area contributed by atoms with Crippen LogP contribution in [0.15, 0.2) is 59.7 Å². The Balaban J connectivity index is 1.94. The highest BCUT2D eigenvalue weighted by molar-refractivity contribution is 6.14. The fourth-order valence-electron chi connectivity index (χ4n) is 3.32. The van der Waals surface area contributed by atoms with Gasteiger partial charge in [-0.2, -0.15) is 0 Å². The molecule has 0 unspecified atom stereocenters. The Kier molecular flexibility index (Phi) is 5.44. The molecule has 0 aromatic heterocycles. The highest BCUT2D eigenvalue weighted by Crippen LogP contribution is 2.32. The molecule has 0 N–H and O–H groups in total. The number of rotatable bonds is 4. The predicted octanol–water partition coefficient (Wildman–Crippen LogP) is 4.97. The molecule has 0 atom stereocenters. The van der Waals surface area contributed by atoms with E-state index in [2.05, 4.69) is 0 Å². The number of non-ortho nitro benzene ring substituents is 2. The van der Waals surface area contributed by atoms with Gasteiger partial charge in [-0.25, -0.2) is 0 Å². The zero-order valence-corrected chi connectivity index (χ0v) is 15.2. The van der Waals surface area contributed by atoms with E-state index < -0.39 is 9.85 Å². The van der Waals surface area contributed by atoms with Crippen molar-refractivity contribution in [3.05, 3.63) is 91.0 Å². The van der Waals surface area contributed by atoms with Crippen molar-refractivity contribution in [3.8, 4) is 0 Å². The molecule has 7 nitrogen and oxygen atoms in total. The van der Waals surface area contributed by atoms with Gasteiger partial charge in [0.2, 0.25) is 0 Å². The van der Waals surface area contributed by atoms with Crippen LogP contribution in [-0.2, 0) is 4.79 Å². The molecule has 7 heteroatoms. The van der Waals surface area contributed by atoms with Gasteiger partial charge in [-0.15, -0.1) is 0 Å². The normalized spacial score (nSPS) is 19.8. The van der Waals surface area contributed by atoms with Crippen molar-refractivity contribution in [3.63, 3.8) is 0 Å². The molecule has 1 saturated carbocycles. The van der Waals surface area contributed by atoms with Gasteiger partial charge in [0, 0.05) is 35.4 Å². The van der Waals surface area contributed by atoms with Crippen LogP contribution in [0.3, 0.4) is 0 Å². The molecule has 1 fully saturated rings. The van der Waals surface area contributed by atoms with Crippen LogP contribution in [0.1, 0.15) is 30.9 Å². The minimum atomic E-state index is -0.471. The van der Waals surface area contributed by atoms with E-state index in [0.717, 1.165) is 0 Å². The van der Waals surface area contributed by atoms with Crippen LogP contribution in [0.4, 0.5) is 11.4 Å². The molecular weight excluding hydrogens is 360 g/mol. The van der Waals surface area contributed by atoms with Crippen molar-refractivity contribution in [2.24, 2.45) is 5.92 Å². The van der Waals surface area contributed by atoms with Crippen molar-refractivity contribution in [2.75, 3.05) is 0 Å². The van der Waals surface area contributed by atoms with Gasteiger partial charge in [0.25, 0.3) is 11.4 Å². The lowest BCUT2D eigenvalue weighted by atomic mass is 9.81. The van der Waals surface area contributed by atoms with Crippen molar-refractivity contribution >= 4 is 29.3 Å². The molecule has 142 valence electrons. The molecule has 0 saturated heterocycles. The number of nitro groups is 2. The number of hydrogen-bond donors (Lipinski definition) is 0. The maximum absolute atomic E-state index is 12.9. The third-order valence-corrected chi connectivity index (χ3v) is 4.56. The van der Waals surface area contributed by atoms with Crippen molar-refractivity contribution in [2.45, 2.75) is 19.8 Å². The number of carbonyl (C=O) groups is 1. The Morgan fingerprint density at radius 1 is 0.857 bits per heavy atom. The zero-order valence-electron chi connectivity index (χ0n) is 15.2. The second-order valence-electron chi connectivity index (χ2n) is 6.89. The summed E-state index contributed by atoms with van der Waals surface area (Å²) in [5.41, 5.74) is 2.30. The molecule has 2 aromatic rings. The molecule has 1 aliphatic carbocycles. The number of Topliss-reactive ketones (excluding diaryl/α,β-unsaturated/α-hetero) is 1. The summed E-state index contributed by atoms with van der Waals surface area (Å²) in [5.74, 6) is 0.0868. The van der Waals surface area contributed by atoms with E-state index in [1.165, 1.54) is 24.3 Å². The average molecular weight is 378 g/mol. The molecule has 2 aromatic carbocycles. The summed E-state index contributed by atoms with van der Waals surface area (Å²) in [6.07, 6.45) is 4.53. The van der Waals surface area contributed by atoms with Crippen LogP contribution in [-0.4, -0.2) is 15.6 Å². The lowest BCUT2D eigenvalue weighted by Gasteiger charge is -2.22. The number of nitro benzene ring substituents is 2. The molecule has 0 aliphatic heterocycles. The predicted molar refractivity (Wildman–Crippen MR) is 106 cm³/mol. The number of nitrogens with zero attached hydrogens (tertiary/aromatic N) is 2. The van der Waals surface area contributed by atoms with Gasteiger partial charge in [0.05, 0.1) is 9.85 Å². The van der Waals surface area contributed by atoms with E-state index in [9.17, 15) is 25.0 Å². The molecule has 0 bridgehead atoms. The van der Waals surface area contributed by atoms with E-state index in [0.29, 0.717) is 35.1 Å². The van der Waals surface area contributed by atoms with Crippen LogP contribution >= 0.6 is 0 Å². The molecule has 1 aliphatic rings. The van der Waals surface area contributed by atoms with E-state index >= 15 is 0 Å². The van der Waals surface area contributed by atoms with E-state index in [-0.39, 0.29) is 23.1 Å². The highest BCUT2D eigenvalue weighted by atomic mass is 16.6. The topological polar surface area (TPSA) is 103 Å². The zero-order chi connectivity index (χ0) is 20.3. The lowest BCUT2D eigenvalue weighted by molar-refractivity contribution is -0.385. The molecule has 0 amide bonds. The largest absolute Gasteiger partial charge is 0.289 e. The summed E-state index contributed by atoms with van der Waals surface area (Å²) in [5, 5.41) is 21.9. The molecular formula is C21H18N2O5. The first kappa shape index (κ1) is 19.2. The Bertz CT molecular complexity index is 943. The Morgan fingerprint density at radius 3 is 1.68 bits per heavy atom. The number of benzene rings is 2. The van der Waals surface area contributed by atoms with Gasteiger partial charge < -0.3 is 0 Å². The second kappa shape index (κ2) is 7.96. The summed E-state index contributed by atoms with van der Waals surface area (Å²) in [6.45, 7) is 2.02. The summed E-state index contributed by atoms with van der Waals surface area (Å²) >= 11 is 0. The summed E-state index contributed by atoms with van der Waals surface area (Å²) < 4.78 is 0.